The Bertz CT molecular complexity index is 1150. The first kappa shape index (κ1) is 20.7. The van der Waals surface area contributed by atoms with Gasteiger partial charge in [-0.25, -0.2) is 0 Å². The molecule has 1 aromatic heterocycles. The molecule has 0 saturated carbocycles. The van der Waals surface area contributed by atoms with Crippen LogP contribution in [0.15, 0.2) is 88.5 Å². The number of aromatic nitrogens is 3. The maximum absolute atomic E-state index is 12.4. The third-order valence-corrected chi connectivity index (χ3v) is 5.92. The fraction of sp³-hybridized carbons (Fsp3) is 0.0455. The van der Waals surface area contributed by atoms with Gasteiger partial charge in [0.15, 0.2) is 11.0 Å². The number of carbonyl (C=O) groups excluding carboxylic acids is 1. The van der Waals surface area contributed by atoms with E-state index in [2.05, 4.69) is 31.4 Å². The number of thioether (sulfide) groups is 1. The zero-order valence-electron chi connectivity index (χ0n) is 15.6. The van der Waals surface area contributed by atoms with E-state index in [1.807, 2.05) is 83.4 Å². The molecule has 30 heavy (non-hydrogen) atoms. The Hall–Kier alpha value is -2.61. The minimum atomic E-state index is -0.116. The van der Waals surface area contributed by atoms with Crippen LogP contribution in [0.25, 0.3) is 17.1 Å². The van der Waals surface area contributed by atoms with Crippen molar-refractivity contribution in [3.63, 3.8) is 0 Å². The van der Waals surface area contributed by atoms with Crippen molar-refractivity contribution in [2.24, 2.45) is 0 Å². The van der Waals surface area contributed by atoms with Crippen molar-refractivity contribution in [3.05, 3.63) is 88.4 Å². The van der Waals surface area contributed by atoms with E-state index in [-0.39, 0.29) is 11.7 Å². The molecule has 0 aliphatic rings. The molecule has 8 heteroatoms. The molecule has 150 valence electrons. The van der Waals surface area contributed by atoms with Crippen LogP contribution in [-0.4, -0.2) is 26.4 Å². The zero-order chi connectivity index (χ0) is 20.9. The standard InChI is InChI=1S/C22H16BrClN4OS/c23-16-6-10-18(11-7-16)25-20(29)14-30-22-27-26-21(15-4-2-1-3-5-15)28(22)19-12-8-17(24)9-13-19/h1-13H,14H2,(H,25,29). The number of benzene rings is 3. The summed E-state index contributed by atoms with van der Waals surface area (Å²) in [5, 5.41) is 12.9. The first-order valence-electron chi connectivity index (χ1n) is 9.05. The Labute approximate surface area is 191 Å². The number of anilines is 1. The van der Waals surface area contributed by atoms with E-state index in [9.17, 15) is 4.79 Å². The number of nitrogens with zero attached hydrogens (tertiary/aromatic N) is 3. The first-order chi connectivity index (χ1) is 14.6. The van der Waals surface area contributed by atoms with Crippen LogP contribution in [-0.2, 0) is 4.79 Å². The summed E-state index contributed by atoms with van der Waals surface area (Å²) in [6, 6.07) is 24.7. The molecule has 0 unspecified atom stereocenters. The minimum Gasteiger partial charge on any atom is -0.325 e. The second-order valence-corrected chi connectivity index (χ2v) is 8.62. The normalized spacial score (nSPS) is 10.7. The van der Waals surface area contributed by atoms with Gasteiger partial charge in [0.25, 0.3) is 0 Å². The van der Waals surface area contributed by atoms with Gasteiger partial charge in [-0.15, -0.1) is 10.2 Å². The van der Waals surface area contributed by atoms with Gasteiger partial charge in [-0.3, -0.25) is 9.36 Å². The summed E-state index contributed by atoms with van der Waals surface area (Å²) in [6.45, 7) is 0. The molecule has 4 aromatic rings. The maximum Gasteiger partial charge on any atom is 0.234 e. The Kier molecular flexibility index (Phi) is 6.52. The van der Waals surface area contributed by atoms with Gasteiger partial charge in [0.1, 0.15) is 0 Å². The van der Waals surface area contributed by atoms with Crippen molar-refractivity contribution in [2.45, 2.75) is 5.16 Å². The van der Waals surface area contributed by atoms with E-state index in [0.29, 0.717) is 16.0 Å². The van der Waals surface area contributed by atoms with Crippen LogP contribution in [0.1, 0.15) is 0 Å². The van der Waals surface area contributed by atoms with Gasteiger partial charge in [-0.1, -0.05) is 69.6 Å². The molecule has 0 aliphatic carbocycles. The SMILES string of the molecule is O=C(CSc1nnc(-c2ccccc2)n1-c1ccc(Cl)cc1)Nc1ccc(Br)cc1. The second-order valence-electron chi connectivity index (χ2n) is 6.33. The van der Waals surface area contributed by atoms with Crippen molar-refractivity contribution < 1.29 is 4.79 Å². The fourth-order valence-electron chi connectivity index (χ4n) is 2.82. The van der Waals surface area contributed by atoms with E-state index in [1.165, 1.54) is 11.8 Å². The molecular formula is C22H16BrClN4OS. The number of carbonyl (C=O) groups is 1. The van der Waals surface area contributed by atoms with Crippen LogP contribution < -0.4 is 5.32 Å². The molecule has 0 bridgehead atoms. The molecule has 0 spiro atoms. The number of halogens is 2. The number of rotatable bonds is 6. The summed E-state index contributed by atoms with van der Waals surface area (Å²) in [4.78, 5) is 12.4. The summed E-state index contributed by atoms with van der Waals surface area (Å²) < 4.78 is 2.89. The maximum atomic E-state index is 12.4. The van der Waals surface area contributed by atoms with Crippen molar-refractivity contribution in [3.8, 4) is 17.1 Å². The van der Waals surface area contributed by atoms with Crippen molar-refractivity contribution in [1.29, 1.82) is 0 Å². The molecule has 4 rings (SSSR count). The second kappa shape index (κ2) is 9.47. The summed E-state index contributed by atoms with van der Waals surface area (Å²) in [5.41, 5.74) is 2.55. The van der Waals surface area contributed by atoms with Crippen molar-refractivity contribution in [2.75, 3.05) is 11.1 Å². The smallest absolute Gasteiger partial charge is 0.234 e. The van der Waals surface area contributed by atoms with Crippen LogP contribution >= 0.6 is 39.3 Å². The van der Waals surface area contributed by atoms with Gasteiger partial charge >= 0.3 is 0 Å². The van der Waals surface area contributed by atoms with Gasteiger partial charge < -0.3 is 5.32 Å². The average molecular weight is 500 g/mol. The highest BCUT2D eigenvalue weighted by molar-refractivity contribution is 9.10. The lowest BCUT2D eigenvalue weighted by molar-refractivity contribution is -0.113. The van der Waals surface area contributed by atoms with Crippen molar-refractivity contribution >= 4 is 50.9 Å². The molecular weight excluding hydrogens is 484 g/mol. The Morgan fingerprint density at radius 3 is 2.37 bits per heavy atom. The van der Waals surface area contributed by atoms with Gasteiger partial charge in [0.2, 0.25) is 5.91 Å². The lowest BCUT2D eigenvalue weighted by Crippen LogP contribution is -2.14. The molecule has 0 radical (unpaired) electrons. The highest BCUT2D eigenvalue weighted by atomic mass is 79.9. The molecule has 0 atom stereocenters. The van der Waals surface area contributed by atoms with E-state index < -0.39 is 0 Å². The lowest BCUT2D eigenvalue weighted by Gasteiger charge is -2.11. The third kappa shape index (κ3) is 4.92. The largest absolute Gasteiger partial charge is 0.325 e. The van der Waals surface area contributed by atoms with Gasteiger partial charge in [-0.2, -0.15) is 0 Å². The molecule has 0 saturated heterocycles. The Morgan fingerprint density at radius 1 is 0.967 bits per heavy atom. The molecule has 0 aliphatic heterocycles. The quantitative estimate of drug-likeness (QED) is 0.327. The zero-order valence-corrected chi connectivity index (χ0v) is 18.8. The minimum absolute atomic E-state index is 0.116. The highest BCUT2D eigenvalue weighted by Crippen LogP contribution is 2.28. The molecule has 3 aromatic carbocycles. The summed E-state index contributed by atoms with van der Waals surface area (Å²) in [6.07, 6.45) is 0. The Morgan fingerprint density at radius 2 is 1.67 bits per heavy atom. The monoisotopic (exact) mass is 498 g/mol. The molecule has 1 N–H and O–H groups in total. The molecule has 1 heterocycles. The number of nitrogens with one attached hydrogen (secondary N) is 1. The molecule has 1 amide bonds. The number of hydrogen-bond donors (Lipinski definition) is 1. The summed E-state index contributed by atoms with van der Waals surface area (Å²) in [7, 11) is 0. The van der Waals surface area contributed by atoms with Crippen LogP contribution in [0.3, 0.4) is 0 Å². The van der Waals surface area contributed by atoms with Crippen molar-refractivity contribution in [1.82, 2.24) is 14.8 Å². The number of hydrogen-bond acceptors (Lipinski definition) is 4. The average Bonchev–Trinajstić information content (AvgIpc) is 3.19. The Balaban J connectivity index is 1.58. The van der Waals surface area contributed by atoms with E-state index >= 15 is 0 Å². The third-order valence-electron chi connectivity index (χ3n) is 4.21. The van der Waals surface area contributed by atoms with Crippen LogP contribution in [0.5, 0.6) is 0 Å². The van der Waals surface area contributed by atoms with Gasteiger partial charge in [-0.05, 0) is 48.5 Å². The number of amides is 1. The summed E-state index contributed by atoms with van der Waals surface area (Å²) >= 11 is 10.8. The predicted octanol–water partition coefficient (Wildman–Crippen LogP) is 6.08. The lowest BCUT2D eigenvalue weighted by atomic mass is 10.2. The highest BCUT2D eigenvalue weighted by Gasteiger charge is 2.17. The first-order valence-corrected chi connectivity index (χ1v) is 11.2. The van der Waals surface area contributed by atoms with Gasteiger partial charge in [0.05, 0.1) is 5.75 Å². The summed E-state index contributed by atoms with van der Waals surface area (Å²) in [5.74, 6) is 0.791. The molecule has 5 nitrogen and oxygen atoms in total. The predicted molar refractivity (Wildman–Crippen MR) is 125 cm³/mol. The van der Waals surface area contributed by atoms with E-state index in [0.717, 1.165) is 21.4 Å². The fourth-order valence-corrected chi connectivity index (χ4v) is 3.96. The van der Waals surface area contributed by atoms with E-state index in [1.54, 1.807) is 0 Å². The van der Waals surface area contributed by atoms with Crippen LogP contribution in [0.2, 0.25) is 5.02 Å². The van der Waals surface area contributed by atoms with Crippen LogP contribution in [0.4, 0.5) is 5.69 Å². The van der Waals surface area contributed by atoms with E-state index in [4.69, 9.17) is 11.6 Å². The topological polar surface area (TPSA) is 59.8 Å². The molecule has 0 fully saturated rings. The van der Waals surface area contributed by atoms with Crippen LogP contribution in [0, 0.1) is 0 Å². The van der Waals surface area contributed by atoms with Gasteiger partial charge in [0, 0.05) is 26.4 Å².